The number of rotatable bonds is 5. The molecule has 1 saturated heterocycles. The summed E-state index contributed by atoms with van der Waals surface area (Å²) in [7, 11) is -2.00. The topological polar surface area (TPSA) is 77.9 Å². The Labute approximate surface area is 139 Å². The van der Waals surface area contributed by atoms with Crippen LogP contribution in [0.3, 0.4) is 0 Å². The molecule has 0 spiro atoms. The van der Waals surface area contributed by atoms with Gasteiger partial charge in [-0.1, -0.05) is 12.8 Å². The maximum Gasteiger partial charge on any atom is 0.225 e. The van der Waals surface area contributed by atoms with Gasteiger partial charge in [-0.3, -0.25) is 4.79 Å². The Morgan fingerprint density at radius 3 is 2.39 bits per heavy atom. The zero-order chi connectivity index (χ0) is 17.3. The van der Waals surface area contributed by atoms with E-state index in [0.29, 0.717) is 13.0 Å². The quantitative estimate of drug-likeness (QED) is 0.811. The van der Waals surface area contributed by atoms with Crippen molar-refractivity contribution in [3.8, 4) is 0 Å². The summed E-state index contributed by atoms with van der Waals surface area (Å²) in [6.45, 7) is 4.19. The fraction of sp³-hybridized carbons (Fsp3) is 0.938. The molecule has 2 aliphatic rings. The van der Waals surface area contributed by atoms with E-state index >= 15 is 0 Å². The van der Waals surface area contributed by atoms with Gasteiger partial charge in [0, 0.05) is 32.6 Å². The zero-order valence-corrected chi connectivity index (χ0v) is 15.3. The molecule has 1 aliphatic heterocycles. The number of likely N-dealkylation sites (N-methyl/N-ethyl adjacent to an activating group) is 1. The van der Waals surface area contributed by atoms with E-state index in [2.05, 4.69) is 0 Å². The van der Waals surface area contributed by atoms with Crippen molar-refractivity contribution in [2.24, 2.45) is 5.92 Å². The number of likely N-dealkylation sites (tertiary alicyclic amines) is 1. The average molecular weight is 346 g/mol. The molecule has 1 saturated carbocycles. The molecule has 2 rings (SSSR count). The van der Waals surface area contributed by atoms with Crippen molar-refractivity contribution in [1.82, 2.24) is 9.21 Å². The van der Waals surface area contributed by atoms with Gasteiger partial charge in [0.25, 0.3) is 0 Å². The second kappa shape index (κ2) is 7.07. The van der Waals surface area contributed by atoms with Crippen molar-refractivity contribution in [3.63, 3.8) is 0 Å². The molecule has 134 valence electrons. The summed E-state index contributed by atoms with van der Waals surface area (Å²) >= 11 is 0. The minimum atomic E-state index is -3.51. The van der Waals surface area contributed by atoms with E-state index in [4.69, 9.17) is 0 Å². The molecule has 1 aliphatic carbocycles. The number of carbonyl (C=O) groups excluding carboxylic acids is 1. The van der Waals surface area contributed by atoms with Crippen LogP contribution < -0.4 is 0 Å². The highest BCUT2D eigenvalue weighted by atomic mass is 32.2. The molecule has 1 amide bonds. The molecular weight excluding hydrogens is 316 g/mol. The zero-order valence-electron chi connectivity index (χ0n) is 14.5. The summed E-state index contributed by atoms with van der Waals surface area (Å²) in [6.07, 6.45) is 5.36. The first-order valence-corrected chi connectivity index (χ1v) is 10.1. The molecule has 1 N–H and O–H groups in total. The molecule has 6 nitrogen and oxygen atoms in total. The van der Waals surface area contributed by atoms with E-state index < -0.39 is 20.9 Å². The van der Waals surface area contributed by atoms with Crippen molar-refractivity contribution < 1.29 is 18.3 Å². The molecule has 0 radical (unpaired) electrons. The summed E-state index contributed by atoms with van der Waals surface area (Å²) in [4.78, 5) is 14.3. The second-order valence-electron chi connectivity index (χ2n) is 7.64. The second-order valence-corrected chi connectivity index (χ2v) is 9.96. The minimum absolute atomic E-state index is 0.0579. The van der Waals surface area contributed by atoms with Crippen molar-refractivity contribution in [2.75, 3.05) is 26.7 Å². The molecule has 0 aromatic carbocycles. The molecule has 1 heterocycles. The summed E-state index contributed by atoms with van der Waals surface area (Å²) in [5.74, 6) is 0.220. The van der Waals surface area contributed by atoms with Crippen LogP contribution in [-0.2, 0) is 14.8 Å². The number of aliphatic hydroxyl groups is 1. The van der Waals surface area contributed by atoms with E-state index in [9.17, 15) is 18.3 Å². The van der Waals surface area contributed by atoms with Crippen LogP contribution in [0.4, 0.5) is 0 Å². The Balaban J connectivity index is 2.03. The van der Waals surface area contributed by atoms with Gasteiger partial charge in [0.15, 0.2) is 0 Å². The normalized spacial score (nSPS) is 24.4. The summed E-state index contributed by atoms with van der Waals surface area (Å²) < 4.78 is 26.7. The molecule has 0 aromatic heterocycles. The Kier molecular flexibility index (Phi) is 5.74. The average Bonchev–Trinajstić information content (AvgIpc) is 2.99. The minimum Gasteiger partial charge on any atom is -0.389 e. The van der Waals surface area contributed by atoms with E-state index in [1.54, 1.807) is 18.7 Å². The molecule has 23 heavy (non-hydrogen) atoms. The maximum absolute atomic E-state index is 12.7. The Morgan fingerprint density at radius 1 is 1.22 bits per heavy atom. The van der Waals surface area contributed by atoms with Crippen LogP contribution in [0.2, 0.25) is 0 Å². The summed E-state index contributed by atoms with van der Waals surface area (Å²) in [5.41, 5.74) is -1.07. The number of hydrogen-bond donors (Lipinski definition) is 1. The van der Waals surface area contributed by atoms with E-state index in [1.165, 1.54) is 11.4 Å². The van der Waals surface area contributed by atoms with Crippen LogP contribution >= 0.6 is 0 Å². The lowest BCUT2D eigenvalue weighted by Crippen LogP contribution is -2.51. The van der Waals surface area contributed by atoms with Gasteiger partial charge in [-0.05, 0) is 39.5 Å². The Hall–Kier alpha value is -0.660. The Morgan fingerprint density at radius 2 is 1.83 bits per heavy atom. The number of carbonyl (C=O) groups is 1. The third kappa shape index (κ3) is 4.67. The van der Waals surface area contributed by atoms with Crippen molar-refractivity contribution in [1.29, 1.82) is 0 Å². The molecule has 1 atom stereocenters. The highest BCUT2D eigenvalue weighted by Crippen LogP contribution is 2.29. The lowest BCUT2D eigenvalue weighted by atomic mass is 10.0. The summed E-state index contributed by atoms with van der Waals surface area (Å²) in [6, 6.07) is 0. The fourth-order valence-corrected chi connectivity index (χ4v) is 5.54. The van der Waals surface area contributed by atoms with E-state index in [-0.39, 0.29) is 24.9 Å². The van der Waals surface area contributed by atoms with Crippen LogP contribution in [0.5, 0.6) is 0 Å². The first kappa shape index (κ1) is 18.7. The number of piperidine rings is 1. The van der Waals surface area contributed by atoms with Gasteiger partial charge < -0.3 is 10.0 Å². The number of amides is 1. The predicted molar refractivity (Wildman–Crippen MR) is 89.4 cm³/mol. The van der Waals surface area contributed by atoms with Crippen LogP contribution in [0.1, 0.15) is 52.4 Å². The molecule has 7 heteroatoms. The SMILES string of the molecule is CN(CC(C)(C)O)S(=O)(=O)[C@@H]1CCCN(C(=O)C2CCCC2)C1. The van der Waals surface area contributed by atoms with Gasteiger partial charge in [-0.2, -0.15) is 0 Å². The fourth-order valence-electron chi connectivity index (χ4n) is 3.70. The van der Waals surface area contributed by atoms with Gasteiger partial charge in [0.2, 0.25) is 15.9 Å². The van der Waals surface area contributed by atoms with E-state index in [0.717, 1.165) is 32.1 Å². The van der Waals surface area contributed by atoms with Gasteiger partial charge in [0.05, 0.1) is 10.9 Å². The largest absolute Gasteiger partial charge is 0.389 e. The lowest BCUT2D eigenvalue weighted by Gasteiger charge is -2.36. The van der Waals surface area contributed by atoms with Gasteiger partial charge in [-0.25, -0.2) is 12.7 Å². The summed E-state index contributed by atoms with van der Waals surface area (Å²) in [5, 5.41) is 9.30. The van der Waals surface area contributed by atoms with Crippen LogP contribution in [0.15, 0.2) is 0 Å². The van der Waals surface area contributed by atoms with Crippen LogP contribution in [0.25, 0.3) is 0 Å². The van der Waals surface area contributed by atoms with Crippen LogP contribution in [0, 0.1) is 5.92 Å². The number of hydrogen-bond acceptors (Lipinski definition) is 4. The highest BCUT2D eigenvalue weighted by molar-refractivity contribution is 7.89. The highest BCUT2D eigenvalue weighted by Gasteiger charge is 2.38. The Bertz CT molecular complexity index is 521. The third-order valence-corrected chi connectivity index (χ3v) is 7.08. The molecule has 0 aromatic rings. The third-order valence-electron chi connectivity index (χ3n) is 4.86. The standard InChI is InChI=1S/C16H30N2O4S/c1-16(2,20)12-17(3)23(21,22)14-9-6-10-18(11-14)15(19)13-7-4-5-8-13/h13-14,20H,4-12H2,1-3H3/t14-/m1/s1. The first-order valence-electron chi connectivity index (χ1n) is 8.57. The smallest absolute Gasteiger partial charge is 0.225 e. The monoisotopic (exact) mass is 346 g/mol. The van der Waals surface area contributed by atoms with Crippen molar-refractivity contribution >= 4 is 15.9 Å². The number of sulfonamides is 1. The predicted octanol–water partition coefficient (Wildman–Crippen LogP) is 1.20. The van der Waals surface area contributed by atoms with E-state index in [1.807, 2.05) is 0 Å². The molecule has 2 fully saturated rings. The van der Waals surface area contributed by atoms with Gasteiger partial charge in [-0.15, -0.1) is 0 Å². The maximum atomic E-state index is 12.7. The molecule has 0 unspecified atom stereocenters. The first-order chi connectivity index (χ1) is 10.6. The molecular formula is C16H30N2O4S. The van der Waals surface area contributed by atoms with Crippen molar-refractivity contribution in [2.45, 2.75) is 63.2 Å². The van der Waals surface area contributed by atoms with Gasteiger partial charge >= 0.3 is 0 Å². The molecule has 0 bridgehead atoms. The van der Waals surface area contributed by atoms with Crippen molar-refractivity contribution in [3.05, 3.63) is 0 Å². The lowest BCUT2D eigenvalue weighted by molar-refractivity contribution is -0.136. The van der Waals surface area contributed by atoms with Gasteiger partial charge in [0.1, 0.15) is 0 Å². The van der Waals surface area contributed by atoms with Crippen LogP contribution in [-0.4, -0.2) is 66.2 Å². The number of nitrogens with zero attached hydrogens (tertiary/aromatic N) is 2.